The van der Waals surface area contributed by atoms with E-state index in [0.717, 1.165) is 32.1 Å². The van der Waals surface area contributed by atoms with Gasteiger partial charge in [0.2, 0.25) is 5.91 Å². The number of hydrogen-bond donors (Lipinski definition) is 0. The fourth-order valence-electron chi connectivity index (χ4n) is 6.74. The lowest BCUT2D eigenvalue weighted by molar-refractivity contribution is -0.143. The Morgan fingerprint density at radius 3 is 2.36 bits per heavy atom. The van der Waals surface area contributed by atoms with Gasteiger partial charge in [0.05, 0.1) is 12.1 Å². The van der Waals surface area contributed by atoms with E-state index in [2.05, 4.69) is 24.0 Å². The predicted octanol–water partition coefficient (Wildman–Crippen LogP) is 4.21. The number of piperidine rings is 1. The summed E-state index contributed by atoms with van der Waals surface area (Å²) in [6.45, 7) is 3.84. The number of amides is 2. The molecule has 0 radical (unpaired) electrons. The van der Waals surface area contributed by atoms with Crippen LogP contribution in [0, 0.1) is 11.2 Å². The number of nitrogens with zero attached hydrogens (tertiary/aromatic N) is 2. The molecule has 0 spiro atoms. The van der Waals surface area contributed by atoms with Crippen LogP contribution in [0.25, 0.3) is 0 Å². The first-order valence-corrected chi connectivity index (χ1v) is 11.9. The Balaban J connectivity index is 1.45. The highest BCUT2D eigenvalue weighted by molar-refractivity contribution is 5.80. The molecular formula is C27H31FN2O3. The molecule has 3 fully saturated rings. The van der Waals surface area contributed by atoms with Gasteiger partial charge in [0.15, 0.2) is 6.61 Å². The number of ether oxygens (including phenoxy) is 1. The highest BCUT2D eigenvalue weighted by Crippen LogP contribution is 2.56. The highest BCUT2D eigenvalue weighted by atomic mass is 19.1. The number of fused-ring (bicyclic) bond motifs is 1. The molecule has 2 aliphatic heterocycles. The topological polar surface area (TPSA) is 49.9 Å². The van der Waals surface area contributed by atoms with Crippen LogP contribution in [0.2, 0.25) is 0 Å². The van der Waals surface area contributed by atoms with Gasteiger partial charge < -0.3 is 14.5 Å². The molecule has 0 unspecified atom stereocenters. The molecule has 5 atom stereocenters. The molecule has 1 saturated carbocycles. The van der Waals surface area contributed by atoms with Crippen molar-refractivity contribution in [2.24, 2.45) is 5.41 Å². The van der Waals surface area contributed by atoms with Crippen LogP contribution in [0.3, 0.4) is 0 Å². The van der Waals surface area contributed by atoms with E-state index in [-0.39, 0.29) is 53.8 Å². The summed E-state index contributed by atoms with van der Waals surface area (Å²) in [5.41, 5.74) is 1.07. The van der Waals surface area contributed by atoms with E-state index in [1.165, 1.54) is 17.7 Å². The molecule has 2 bridgehead atoms. The molecule has 5 rings (SSSR count). The second-order valence-corrected chi connectivity index (χ2v) is 9.97. The van der Waals surface area contributed by atoms with Gasteiger partial charge in [-0.1, -0.05) is 37.3 Å². The maximum Gasteiger partial charge on any atom is 0.261 e. The van der Waals surface area contributed by atoms with Crippen LogP contribution in [-0.4, -0.2) is 52.4 Å². The van der Waals surface area contributed by atoms with Gasteiger partial charge in [-0.2, -0.15) is 0 Å². The second kappa shape index (κ2) is 8.47. The third kappa shape index (κ3) is 3.79. The van der Waals surface area contributed by atoms with Gasteiger partial charge >= 0.3 is 0 Å². The van der Waals surface area contributed by atoms with Gasteiger partial charge in [-0.05, 0) is 61.9 Å². The molecule has 33 heavy (non-hydrogen) atoms. The standard InChI is InChI=1S/C27H31FN2O3/c1-18(31)29-22(15-19-7-4-3-5-8-19)23-16-27(2)24(29)9-6-10-25(27)30(23)26(32)17-33-21-13-11-20(28)12-14-21/h3-5,7-8,11-14,22-25H,6,9-10,15-17H2,1-2H3/t22-,23-,24+,25-,27+/m0/s1. The second-order valence-electron chi connectivity index (χ2n) is 9.97. The van der Waals surface area contributed by atoms with Gasteiger partial charge in [-0.15, -0.1) is 0 Å². The largest absolute Gasteiger partial charge is 0.484 e. The molecular weight excluding hydrogens is 419 g/mol. The van der Waals surface area contributed by atoms with Gasteiger partial charge in [-0.3, -0.25) is 9.59 Å². The summed E-state index contributed by atoms with van der Waals surface area (Å²) in [6.07, 6.45) is 4.58. The number of carbonyl (C=O) groups excluding carboxylic acids is 2. The van der Waals surface area contributed by atoms with Crippen LogP contribution >= 0.6 is 0 Å². The molecule has 3 aliphatic rings. The molecule has 2 heterocycles. The Morgan fingerprint density at radius 1 is 1.03 bits per heavy atom. The van der Waals surface area contributed by atoms with Crippen molar-refractivity contribution in [2.75, 3.05) is 6.61 Å². The van der Waals surface area contributed by atoms with Crippen molar-refractivity contribution in [1.29, 1.82) is 0 Å². The normalized spacial score (nSPS) is 30.3. The Bertz CT molecular complexity index is 1030. The van der Waals surface area contributed by atoms with E-state index in [9.17, 15) is 14.0 Å². The van der Waals surface area contributed by atoms with Crippen LogP contribution in [0.1, 0.15) is 45.1 Å². The zero-order valence-electron chi connectivity index (χ0n) is 19.2. The minimum atomic E-state index is -0.337. The van der Waals surface area contributed by atoms with Gasteiger partial charge in [0.25, 0.3) is 5.91 Å². The summed E-state index contributed by atoms with van der Waals surface area (Å²) < 4.78 is 19.0. The molecule has 5 nitrogen and oxygen atoms in total. The van der Waals surface area contributed by atoms with Gasteiger partial charge in [-0.25, -0.2) is 4.39 Å². The van der Waals surface area contributed by atoms with E-state index >= 15 is 0 Å². The highest BCUT2D eigenvalue weighted by Gasteiger charge is 2.64. The zero-order valence-corrected chi connectivity index (χ0v) is 19.2. The van der Waals surface area contributed by atoms with E-state index in [4.69, 9.17) is 4.74 Å². The van der Waals surface area contributed by atoms with Crippen molar-refractivity contribution < 1.29 is 18.7 Å². The minimum Gasteiger partial charge on any atom is -0.484 e. The lowest BCUT2D eigenvalue weighted by atomic mass is 9.64. The predicted molar refractivity (Wildman–Crippen MR) is 123 cm³/mol. The van der Waals surface area contributed by atoms with Crippen LogP contribution < -0.4 is 4.74 Å². The lowest BCUT2D eigenvalue weighted by Crippen LogP contribution is -2.62. The Kier molecular flexibility index (Phi) is 5.63. The Hall–Kier alpha value is -2.89. The van der Waals surface area contributed by atoms with Gasteiger partial charge in [0.1, 0.15) is 11.6 Å². The van der Waals surface area contributed by atoms with Crippen LogP contribution in [-0.2, 0) is 16.0 Å². The average Bonchev–Trinajstić information content (AvgIpc) is 3.11. The number of hydrogen-bond acceptors (Lipinski definition) is 3. The van der Waals surface area contributed by atoms with Crippen LogP contribution in [0.4, 0.5) is 4.39 Å². The molecule has 2 aromatic rings. The zero-order chi connectivity index (χ0) is 23.2. The quantitative estimate of drug-likeness (QED) is 0.686. The number of rotatable bonds is 5. The molecule has 0 N–H and O–H groups in total. The first-order chi connectivity index (χ1) is 15.9. The number of likely N-dealkylation sites (tertiary alicyclic amines) is 2. The Morgan fingerprint density at radius 2 is 1.70 bits per heavy atom. The SMILES string of the molecule is CC(=O)N1[C@@H](Cc2ccccc2)[C@@H]2C[C@@]3(C)[C@H](CCC[C@@H]13)N2C(=O)COc1ccc(F)cc1. The van der Waals surface area contributed by atoms with E-state index in [1.54, 1.807) is 19.1 Å². The summed E-state index contributed by atoms with van der Waals surface area (Å²) in [4.78, 5) is 30.7. The number of benzene rings is 2. The maximum atomic E-state index is 13.6. The number of halogens is 1. The third-order valence-electron chi connectivity index (χ3n) is 8.07. The summed E-state index contributed by atoms with van der Waals surface area (Å²) in [6, 6.07) is 16.1. The molecule has 2 saturated heterocycles. The molecule has 0 aromatic heterocycles. The first-order valence-electron chi connectivity index (χ1n) is 11.9. The van der Waals surface area contributed by atoms with Crippen LogP contribution in [0.5, 0.6) is 5.75 Å². The minimum absolute atomic E-state index is 0.0391. The molecule has 2 aromatic carbocycles. The molecule has 1 aliphatic carbocycles. The van der Waals surface area contributed by atoms with Crippen LogP contribution in [0.15, 0.2) is 54.6 Å². The maximum absolute atomic E-state index is 13.6. The summed E-state index contributed by atoms with van der Waals surface area (Å²) >= 11 is 0. The van der Waals surface area contributed by atoms with Gasteiger partial charge in [0, 0.05) is 24.4 Å². The monoisotopic (exact) mass is 450 g/mol. The summed E-state index contributed by atoms with van der Waals surface area (Å²) in [5.74, 6) is 0.179. The third-order valence-corrected chi connectivity index (χ3v) is 8.07. The lowest BCUT2D eigenvalue weighted by Gasteiger charge is -2.52. The van der Waals surface area contributed by atoms with Crippen molar-refractivity contribution >= 4 is 11.8 Å². The smallest absolute Gasteiger partial charge is 0.261 e. The van der Waals surface area contributed by atoms with Crippen molar-refractivity contribution in [3.63, 3.8) is 0 Å². The molecule has 174 valence electrons. The molecule has 2 amide bonds. The first kappa shape index (κ1) is 21.9. The van der Waals surface area contributed by atoms with E-state index in [1.807, 2.05) is 23.1 Å². The van der Waals surface area contributed by atoms with Crippen molar-refractivity contribution in [1.82, 2.24) is 9.80 Å². The van der Waals surface area contributed by atoms with Crippen molar-refractivity contribution in [2.45, 2.75) is 70.1 Å². The molecule has 6 heteroatoms. The van der Waals surface area contributed by atoms with E-state index < -0.39 is 0 Å². The fraction of sp³-hybridized carbons (Fsp3) is 0.481. The van der Waals surface area contributed by atoms with E-state index in [0.29, 0.717) is 5.75 Å². The Labute approximate surface area is 194 Å². The fourth-order valence-corrected chi connectivity index (χ4v) is 6.74. The summed E-state index contributed by atoms with van der Waals surface area (Å²) in [5, 5.41) is 0. The van der Waals surface area contributed by atoms with Crippen molar-refractivity contribution in [3.8, 4) is 5.75 Å². The average molecular weight is 451 g/mol. The van der Waals surface area contributed by atoms with Crippen molar-refractivity contribution in [3.05, 3.63) is 66.0 Å². The summed E-state index contributed by atoms with van der Waals surface area (Å²) in [7, 11) is 0. The number of carbonyl (C=O) groups is 2.